The van der Waals surface area contributed by atoms with Gasteiger partial charge in [0, 0.05) is 23.0 Å². The summed E-state index contributed by atoms with van der Waals surface area (Å²) in [7, 11) is 0. The monoisotopic (exact) mass is 303 g/mol. The molecule has 0 unspecified atom stereocenters. The molecule has 0 atom stereocenters. The largest absolute Gasteiger partial charge is 0.399 e. The molecule has 0 aliphatic carbocycles. The van der Waals surface area contributed by atoms with Crippen molar-refractivity contribution in [2.24, 2.45) is 0 Å². The Hall–Kier alpha value is -1.39. The van der Waals surface area contributed by atoms with Crippen LogP contribution in [-0.2, 0) is 18.5 Å². The Kier molecular flexibility index (Phi) is 5.01. The molecule has 21 heavy (non-hydrogen) atoms. The second-order valence-electron chi connectivity index (χ2n) is 6.42. The van der Waals surface area contributed by atoms with Gasteiger partial charge in [-0.1, -0.05) is 39.8 Å². The number of nitrogens with zero attached hydrogens (tertiary/aromatic N) is 2. The standard InChI is InChI=1S/C17H25N3S/c1-5-20(10-13-6-8-14(18)9-7-13)11-16-19-15(12-21-16)17(2,3)4/h6-9,12H,5,10-11,18H2,1-4H3. The van der Waals surface area contributed by atoms with E-state index in [1.165, 1.54) is 16.3 Å². The lowest BCUT2D eigenvalue weighted by molar-refractivity contribution is 0.270. The van der Waals surface area contributed by atoms with Gasteiger partial charge in [-0.3, -0.25) is 4.90 Å². The van der Waals surface area contributed by atoms with Gasteiger partial charge >= 0.3 is 0 Å². The van der Waals surface area contributed by atoms with Gasteiger partial charge in [0.2, 0.25) is 0 Å². The second kappa shape index (κ2) is 6.58. The fourth-order valence-corrected chi connectivity index (χ4v) is 3.14. The first-order chi connectivity index (χ1) is 9.88. The highest BCUT2D eigenvalue weighted by Crippen LogP contribution is 2.24. The van der Waals surface area contributed by atoms with E-state index in [-0.39, 0.29) is 5.41 Å². The zero-order chi connectivity index (χ0) is 15.5. The third kappa shape index (κ3) is 4.55. The number of rotatable bonds is 5. The molecule has 1 heterocycles. The molecule has 0 aliphatic heterocycles. The van der Waals surface area contributed by atoms with Crippen LogP contribution in [0.3, 0.4) is 0 Å². The molecule has 1 aromatic carbocycles. The molecule has 1 aromatic heterocycles. The predicted molar refractivity (Wildman–Crippen MR) is 91.5 cm³/mol. The Morgan fingerprint density at radius 2 is 1.81 bits per heavy atom. The summed E-state index contributed by atoms with van der Waals surface area (Å²) in [6.45, 7) is 11.7. The van der Waals surface area contributed by atoms with Crippen LogP contribution in [0.25, 0.3) is 0 Å². The van der Waals surface area contributed by atoms with E-state index < -0.39 is 0 Å². The van der Waals surface area contributed by atoms with E-state index in [1.807, 2.05) is 12.1 Å². The van der Waals surface area contributed by atoms with Gasteiger partial charge in [-0.15, -0.1) is 11.3 Å². The average molecular weight is 303 g/mol. The SMILES string of the molecule is CCN(Cc1ccc(N)cc1)Cc1nc(C(C)(C)C)cs1. The van der Waals surface area contributed by atoms with E-state index in [4.69, 9.17) is 10.7 Å². The molecular formula is C17H25N3S. The number of hydrogen-bond acceptors (Lipinski definition) is 4. The minimum Gasteiger partial charge on any atom is -0.399 e. The normalized spacial score (nSPS) is 12.0. The van der Waals surface area contributed by atoms with Crippen LogP contribution >= 0.6 is 11.3 Å². The van der Waals surface area contributed by atoms with Crippen molar-refractivity contribution in [2.45, 2.75) is 46.2 Å². The van der Waals surface area contributed by atoms with Crippen LogP contribution < -0.4 is 5.73 Å². The maximum absolute atomic E-state index is 5.74. The van der Waals surface area contributed by atoms with Gasteiger partial charge < -0.3 is 5.73 Å². The molecule has 2 rings (SSSR count). The molecule has 0 fully saturated rings. The summed E-state index contributed by atoms with van der Waals surface area (Å²) >= 11 is 1.76. The smallest absolute Gasteiger partial charge is 0.107 e. The van der Waals surface area contributed by atoms with Crippen molar-refractivity contribution >= 4 is 17.0 Å². The Morgan fingerprint density at radius 3 is 2.33 bits per heavy atom. The van der Waals surface area contributed by atoms with Gasteiger partial charge in [-0.25, -0.2) is 4.98 Å². The average Bonchev–Trinajstić information content (AvgIpc) is 2.89. The molecule has 0 spiro atoms. The first-order valence-corrected chi connectivity index (χ1v) is 8.28. The highest BCUT2D eigenvalue weighted by Gasteiger charge is 2.18. The Balaban J connectivity index is 2.02. The summed E-state index contributed by atoms with van der Waals surface area (Å²) in [6, 6.07) is 8.12. The van der Waals surface area contributed by atoms with E-state index in [1.54, 1.807) is 11.3 Å². The van der Waals surface area contributed by atoms with Gasteiger partial charge in [-0.05, 0) is 24.2 Å². The Labute approximate surface area is 131 Å². The van der Waals surface area contributed by atoms with Crippen LogP contribution in [0.1, 0.15) is 44.0 Å². The van der Waals surface area contributed by atoms with Crippen LogP contribution in [0.15, 0.2) is 29.6 Å². The van der Waals surface area contributed by atoms with Crippen LogP contribution in [0.4, 0.5) is 5.69 Å². The molecule has 0 bridgehead atoms. The van der Waals surface area contributed by atoms with Crippen molar-refractivity contribution in [3.63, 3.8) is 0 Å². The maximum atomic E-state index is 5.74. The van der Waals surface area contributed by atoms with Gasteiger partial charge in [0.15, 0.2) is 0 Å². The molecule has 3 nitrogen and oxygen atoms in total. The molecule has 0 amide bonds. The fraction of sp³-hybridized carbons (Fsp3) is 0.471. The van der Waals surface area contributed by atoms with E-state index in [0.29, 0.717) is 0 Å². The highest BCUT2D eigenvalue weighted by atomic mass is 32.1. The first-order valence-electron chi connectivity index (χ1n) is 7.40. The van der Waals surface area contributed by atoms with Gasteiger partial charge in [0.1, 0.15) is 5.01 Å². The van der Waals surface area contributed by atoms with E-state index >= 15 is 0 Å². The lowest BCUT2D eigenvalue weighted by Crippen LogP contribution is -2.22. The molecule has 4 heteroatoms. The maximum Gasteiger partial charge on any atom is 0.107 e. The summed E-state index contributed by atoms with van der Waals surface area (Å²) in [4.78, 5) is 7.18. The predicted octanol–water partition coefficient (Wildman–Crippen LogP) is 4.04. The van der Waals surface area contributed by atoms with Crippen molar-refractivity contribution in [1.82, 2.24) is 9.88 Å². The van der Waals surface area contributed by atoms with Crippen LogP contribution in [0.2, 0.25) is 0 Å². The summed E-state index contributed by atoms with van der Waals surface area (Å²) < 4.78 is 0. The number of nitrogens with two attached hydrogens (primary N) is 1. The van der Waals surface area contributed by atoms with Gasteiger partial charge in [-0.2, -0.15) is 0 Å². The minimum absolute atomic E-state index is 0.128. The van der Waals surface area contributed by atoms with Crippen LogP contribution in [0.5, 0.6) is 0 Å². The number of nitrogen functional groups attached to an aromatic ring is 1. The van der Waals surface area contributed by atoms with Crippen LogP contribution in [-0.4, -0.2) is 16.4 Å². The fourth-order valence-electron chi connectivity index (χ4n) is 2.08. The number of thiazole rings is 1. The molecule has 0 saturated carbocycles. The molecule has 0 radical (unpaired) electrons. The molecule has 2 aromatic rings. The third-order valence-electron chi connectivity index (χ3n) is 3.51. The third-order valence-corrected chi connectivity index (χ3v) is 4.35. The van der Waals surface area contributed by atoms with Crippen LogP contribution in [0, 0.1) is 0 Å². The zero-order valence-electron chi connectivity index (χ0n) is 13.4. The van der Waals surface area contributed by atoms with E-state index in [9.17, 15) is 0 Å². The van der Waals surface area contributed by atoms with Crippen molar-refractivity contribution in [1.29, 1.82) is 0 Å². The number of hydrogen-bond donors (Lipinski definition) is 1. The zero-order valence-corrected chi connectivity index (χ0v) is 14.2. The summed E-state index contributed by atoms with van der Waals surface area (Å²) in [5.41, 5.74) is 9.16. The van der Waals surface area contributed by atoms with Gasteiger partial charge in [0.25, 0.3) is 0 Å². The summed E-state index contributed by atoms with van der Waals surface area (Å²) in [5.74, 6) is 0. The van der Waals surface area contributed by atoms with Crippen molar-refractivity contribution in [2.75, 3.05) is 12.3 Å². The quantitative estimate of drug-likeness (QED) is 0.847. The lowest BCUT2D eigenvalue weighted by Gasteiger charge is -2.19. The lowest BCUT2D eigenvalue weighted by atomic mass is 9.93. The van der Waals surface area contributed by atoms with Crippen molar-refractivity contribution < 1.29 is 0 Å². The van der Waals surface area contributed by atoms with Crippen molar-refractivity contribution in [3.8, 4) is 0 Å². The number of anilines is 1. The molecule has 0 saturated heterocycles. The van der Waals surface area contributed by atoms with Crippen molar-refractivity contribution in [3.05, 3.63) is 45.9 Å². The summed E-state index contributed by atoms with van der Waals surface area (Å²) in [6.07, 6.45) is 0. The van der Waals surface area contributed by atoms with Gasteiger partial charge in [0.05, 0.1) is 12.2 Å². The Morgan fingerprint density at radius 1 is 1.14 bits per heavy atom. The molecule has 114 valence electrons. The second-order valence-corrected chi connectivity index (χ2v) is 7.36. The first kappa shape index (κ1) is 16.0. The van der Waals surface area contributed by atoms with E-state index in [0.717, 1.165) is 25.3 Å². The number of aromatic nitrogens is 1. The Bertz CT molecular complexity index is 566. The molecule has 0 aliphatic rings. The summed E-state index contributed by atoms with van der Waals surface area (Å²) in [5, 5.41) is 3.38. The minimum atomic E-state index is 0.128. The topological polar surface area (TPSA) is 42.1 Å². The molecular weight excluding hydrogens is 278 g/mol. The molecule has 2 N–H and O–H groups in total. The highest BCUT2D eigenvalue weighted by molar-refractivity contribution is 7.09. The van der Waals surface area contributed by atoms with E-state index in [2.05, 4.69) is 50.1 Å². The number of benzene rings is 1.